The Morgan fingerprint density at radius 2 is 2.18 bits per heavy atom. The topological polar surface area (TPSA) is 91.5 Å². The normalized spacial score (nSPS) is 23.1. The Morgan fingerprint density at radius 3 is 2.73 bits per heavy atom. The Morgan fingerprint density at radius 1 is 1.50 bits per heavy atom. The molecule has 0 radical (unpaired) electrons. The van der Waals surface area contributed by atoms with Crippen molar-refractivity contribution in [1.29, 1.82) is 0 Å². The fraction of sp³-hybridized carbons (Fsp3) is 0.800. The highest BCUT2D eigenvalue weighted by Gasteiger charge is 2.39. The van der Waals surface area contributed by atoms with E-state index in [1.807, 2.05) is 13.8 Å². The van der Waals surface area contributed by atoms with Crippen molar-refractivity contribution in [2.45, 2.75) is 64.2 Å². The Balaban J connectivity index is 2.12. The maximum Gasteiger partial charge on any atom is 0.225 e. The fourth-order valence-corrected chi connectivity index (χ4v) is 2.68. The standard InChI is InChI=1S/C15H26N4O3/c1-11(2)19-9-12(16-17-19)15(22)6-5-7-18(10-15)13(20)8-14(3,4)21/h9,11,21-22H,5-8,10H2,1-4H3/t15-/m0/s1. The Labute approximate surface area is 130 Å². The van der Waals surface area contributed by atoms with Crippen LogP contribution in [-0.2, 0) is 10.4 Å². The van der Waals surface area contributed by atoms with Crippen LogP contribution in [0.2, 0.25) is 0 Å². The SMILES string of the molecule is CC(C)n1cc([C@]2(O)CCCN(C(=O)CC(C)(C)O)C2)nn1. The van der Waals surface area contributed by atoms with Gasteiger partial charge >= 0.3 is 0 Å². The van der Waals surface area contributed by atoms with E-state index in [1.165, 1.54) is 0 Å². The van der Waals surface area contributed by atoms with E-state index in [2.05, 4.69) is 10.3 Å². The van der Waals surface area contributed by atoms with Gasteiger partial charge in [0.25, 0.3) is 0 Å². The average molecular weight is 310 g/mol. The van der Waals surface area contributed by atoms with Gasteiger partial charge in [-0.05, 0) is 40.5 Å². The molecule has 1 aliphatic heterocycles. The van der Waals surface area contributed by atoms with Crippen molar-refractivity contribution < 1.29 is 15.0 Å². The van der Waals surface area contributed by atoms with Crippen LogP contribution in [0.3, 0.4) is 0 Å². The van der Waals surface area contributed by atoms with Gasteiger partial charge in [0.1, 0.15) is 11.3 Å². The van der Waals surface area contributed by atoms with Gasteiger partial charge in [0.05, 0.1) is 24.8 Å². The summed E-state index contributed by atoms with van der Waals surface area (Å²) in [6.07, 6.45) is 3.04. The first-order chi connectivity index (χ1) is 10.1. The highest BCUT2D eigenvalue weighted by molar-refractivity contribution is 5.77. The molecule has 124 valence electrons. The van der Waals surface area contributed by atoms with E-state index in [4.69, 9.17) is 0 Å². The summed E-state index contributed by atoms with van der Waals surface area (Å²) in [6, 6.07) is 0.168. The molecule has 0 aromatic carbocycles. The molecule has 7 heteroatoms. The highest BCUT2D eigenvalue weighted by Crippen LogP contribution is 2.31. The molecular weight excluding hydrogens is 284 g/mol. The number of aromatic nitrogens is 3. The van der Waals surface area contributed by atoms with Gasteiger partial charge in [0, 0.05) is 12.6 Å². The van der Waals surface area contributed by atoms with Crippen molar-refractivity contribution in [2.24, 2.45) is 0 Å². The number of carbonyl (C=O) groups excluding carboxylic acids is 1. The second-order valence-electron chi connectivity index (χ2n) is 7.12. The van der Waals surface area contributed by atoms with Crippen LogP contribution in [0.15, 0.2) is 6.20 Å². The van der Waals surface area contributed by atoms with Gasteiger partial charge in [-0.1, -0.05) is 5.21 Å². The first kappa shape index (κ1) is 16.9. The molecule has 2 rings (SSSR count). The Bertz CT molecular complexity index is 535. The second-order valence-corrected chi connectivity index (χ2v) is 7.12. The minimum absolute atomic E-state index is 0.0434. The van der Waals surface area contributed by atoms with Crippen LogP contribution < -0.4 is 0 Å². The Hall–Kier alpha value is -1.47. The number of nitrogens with zero attached hydrogens (tertiary/aromatic N) is 4. The van der Waals surface area contributed by atoms with Gasteiger partial charge in [-0.2, -0.15) is 0 Å². The van der Waals surface area contributed by atoms with E-state index in [-0.39, 0.29) is 24.9 Å². The van der Waals surface area contributed by atoms with Crippen molar-refractivity contribution in [3.8, 4) is 0 Å². The minimum atomic E-state index is -1.17. The van der Waals surface area contributed by atoms with Crippen LogP contribution in [-0.4, -0.2) is 54.7 Å². The van der Waals surface area contributed by atoms with E-state index >= 15 is 0 Å². The summed E-state index contributed by atoms with van der Waals surface area (Å²) in [7, 11) is 0. The van der Waals surface area contributed by atoms with Crippen molar-refractivity contribution in [1.82, 2.24) is 19.9 Å². The van der Waals surface area contributed by atoms with Gasteiger partial charge in [0.2, 0.25) is 5.91 Å². The van der Waals surface area contributed by atoms with E-state index in [0.717, 1.165) is 0 Å². The summed E-state index contributed by atoms with van der Waals surface area (Å²) in [6.45, 7) is 7.98. The van der Waals surface area contributed by atoms with Crippen molar-refractivity contribution in [2.75, 3.05) is 13.1 Å². The Kier molecular flexibility index (Phi) is 4.58. The molecule has 2 heterocycles. The predicted octanol–water partition coefficient (Wildman–Crippen LogP) is 0.830. The number of piperidine rings is 1. The van der Waals surface area contributed by atoms with Gasteiger partial charge < -0.3 is 15.1 Å². The lowest BCUT2D eigenvalue weighted by molar-refractivity contribution is -0.143. The number of carbonyl (C=O) groups is 1. The molecule has 0 aliphatic carbocycles. The largest absolute Gasteiger partial charge is 0.390 e. The molecule has 0 saturated carbocycles. The lowest BCUT2D eigenvalue weighted by Gasteiger charge is -2.38. The molecule has 7 nitrogen and oxygen atoms in total. The van der Waals surface area contributed by atoms with E-state index in [1.54, 1.807) is 29.6 Å². The fourth-order valence-electron chi connectivity index (χ4n) is 2.68. The molecule has 1 aliphatic rings. The third-order valence-corrected chi connectivity index (χ3v) is 3.92. The van der Waals surface area contributed by atoms with Crippen LogP contribution in [0.1, 0.15) is 58.7 Å². The number of amides is 1. The monoisotopic (exact) mass is 310 g/mol. The van der Waals surface area contributed by atoms with E-state index < -0.39 is 11.2 Å². The van der Waals surface area contributed by atoms with Crippen LogP contribution >= 0.6 is 0 Å². The average Bonchev–Trinajstić information content (AvgIpc) is 2.87. The molecule has 0 bridgehead atoms. The van der Waals surface area contributed by atoms with E-state index in [9.17, 15) is 15.0 Å². The summed E-state index contributed by atoms with van der Waals surface area (Å²) in [5.41, 5.74) is -1.71. The van der Waals surface area contributed by atoms with Crippen LogP contribution in [0.5, 0.6) is 0 Å². The maximum absolute atomic E-state index is 12.3. The van der Waals surface area contributed by atoms with Crippen molar-refractivity contribution in [3.05, 3.63) is 11.9 Å². The van der Waals surface area contributed by atoms with Gasteiger partial charge in [-0.25, -0.2) is 4.68 Å². The summed E-state index contributed by atoms with van der Waals surface area (Å²) in [4.78, 5) is 13.9. The summed E-state index contributed by atoms with van der Waals surface area (Å²) in [5.74, 6) is -0.151. The van der Waals surface area contributed by atoms with Gasteiger partial charge in [-0.3, -0.25) is 4.79 Å². The number of β-amino-alcohol motifs (C(OH)–C–C–N with tert-alkyl or cyclic N) is 1. The number of hydrogen-bond acceptors (Lipinski definition) is 5. The first-order valence-corrected chi connectivity index (χ1v) is 7.75. The zero-order valence-electron chi connectivity index (χ0n) is 13.8. The van der Waals surface area contributed by atoms with Crippen molar-refractivity contribution >= 4 is 5.91 Å². The molecule has 1 atom stereocenters. The van der Waals surface area contributed by atoms with Crippen LogP contribution in [0, 0.1) is 0 Å². The molecule has 1 fully saturated rings. The first-order valence-electron chi connectivity index (χ1n) is 7.75. The smallest absolute Gasteiger partial charge is 0.225 e. The quantitative estimate of drug-likeness (QED) is 0.859. The molecule has 1 aromatic rings. The van der Waals surface area contributed by atoms with Gasteiger partial charge in [0.15, 0.2) is 0 Å². The lowest BCUT2D eigenvalue weighted by atomic mass is 9.89. The number of hydrogen-bond donors (Lipinski definition) is 2. The second kappa shape index (κ2) is 5.96. The molecule has 1 aromatic heterocycles. The lowest BCUT2D eigenvalue weighted by Crippen LogP contribution is -2.50. The molecule has 2 N–H and O–H groups in total. The zero-order valence-corrected chi connectivity index (χ0v) is 13.8. The number of likely N-dealkylation sites (tertiary alicyclic amines) is 1. The third-order valence-electron chi connectivity index (χ3n) is 3.92. The van der Waals surface area contributed by atoms with Crippen LogP contribution in [0.25, 0.3) is 0 Å². The molecular formula is C15H26N4O3. The molecule has 1 amide bonds. The summed E-state index contributed by atoms with van der Waals surface area (Å²) >= 11 is 0. The molecule has 1 saturated heterocycles. The summed E-state index contributed by atoms with van der Waals surface area (Å²) in [5, 5.41) is 28.8. The number of aliphatic hydroxyl groups is 2. The maximum atomic E-state index is 12.3. The molecule has 0 spiro atoms. The number of rotatable bonds is 4. The van der Waals surface area contributed by atoms with Crippen LogP contribution in [0.4, 0.5) is 0 Å². The molecule has 0 unspecified atom stereocenters. The summed E-state index contributed by atoms with van der Waals surface area (Å²) < 4.78 is 1.70. The third kappa shape index (κ3) is 3.84. The van der Waals surface area contributed by atoms with Crippen molar-refractivity contribution in [3.63, 3.8) is 0 Å². The van der Waals surface area contributed by atoms with Gasteiger partial charge in [-0.15, -0.1) is 5.10 Å². The minimum Gasteiger partial charge on any atom is -0.390 e. The van der Waals surface area contributed by atoms with E-state index in [0.29, 0.717) is 25.1 Å². The molecule has 22 heavy (non-hydrogen) atoms. The highest BCUT2D eigenvalue weighted by atomic mass is 16.3. The zero-order chi connectivity index (χ0) is 16.5. The predicted molar refractivity (Wildman–Crippen MR) is 81.0 cm³/mol.